The molecular weight excluding hydrogens is 204 g/mol. The van der Waals surface area contributed by atoms with Gasteiger partial charge in [0, 0.05) is 5.92 Å². The van der Waals surface area contributed by atoms with Crippen LogP contribution in [0.15, 0.2) is 30.3 Å². The first kappa shape index (κ1) is 11.0. The van der Waals surface area contributed by atoms with E-state index in [2.05, 4.69) is 0 Å². The van der Waals surface area contributed by atoms with E-state index in [1.54, 1.807) is 0 Å². The zero-order chi connectivity index (χ0) is 11.4. The summed E-state index contributed by atoms with van der Waals surface area (Å²) in [6, 6.07) is 9.42. The molecule has 1 unspecified atom stereocenters. The lowest BCUT2D eigenvalue weighted by Crippen LogP contribution is -2.31. The quantitative estimate of drug-likeness (QED) is 0.715. The molecule has 1 aliphatic rings. The number of benzene rings is 1. The van der Waals surface area contributed by atoms with E-state index in [-0.39, 0.29) is 5.97 Å². The van der Waals surface area contributed by atoms with Crippen molar-refractivity contribution in [2.45, 2.75) is 25.9 Å². The van der Waals surface area contributed by atoms with Gasteiger partial charge in [-0.15, -0.1) is 0 Å². The fraction of sp³-hybridized carbons (Fsp3) is 0.462. The number of carbonyl (C=O) groups excluding carboxylic acids is 1. The van der Waals surface area contributed by atoms with Crippen molar-refractivity contribution in [3.05, 3.63) is 30.3 Å². The van der Waals surface area contributed by atoms with Crippen molar-refractivity contribution in [3.63, 3.8) is 0 Å². The maximum absolute atomic E-state index is 11.7. The number of para-hydroxylation sites is 1. The summed E-state index contributed by atoms with van der Waals surface area (Å²) < 4.78 is 10.7. The lowest BCUT2D eigenvalue weighted by molar-refractivity contribution is -0.152. The van der Waals surface area contributed by atoms with Gasteiger partial charge in [-0.25, -0.2) is 4.79 Å². The highest BCUT2D eigenvalue weighted by Gasteiger charge is 2.39. The third-order valence-electron chi connectivity index (χ3n) is 2.58. The van der Waals surface area contributed by atoms with Crippen molar-refractivity contribution >= 4 is 5.97 Å². The lowest BCUT2D eigenvalue weighted by atomic mass is 10.2. The van der Waals surface area contributed by atoms with E-state index in [1.807, 2.05) is 37.3 Å². The molecule has 0 N–H and O–H groups in total. The fourth-order valence-electron chi connectivity index (χ4n) is 1.61. The van der Waals surface area contributed by atoms with Gasteiger partial charge in [-0.3, -0.25) is 0 Å². The SMILES string of the molecule is CCOC(=O)C(Oc1ccccc1)C1CC1. The van der Waals surface area contributed by atoms with Gasteiger partial charge in [0.2, 0.25) is 0 Å². The van der Waals surface area contributed by atoms with Crippen molar-refractivity contribution in [2.75, 3.05) is 6.61 Å². The summed E-state index contributed by atoms with van der Waals surface area (Å²) in [5.41, 5.74) is 0. The minimum atomic E-state index is -0.428. The van der Waals surface area contributed by atoms with Gasteiger partial charge in [0.1, 0.15) is 5.75 Å². The van der Waals surface area contributed by atoms with Gasteiger partial charge in [0.15, 0.2) is 6.10 Å². The molecule has 1 saturated carbocycles. The zero-order valence-electron chi connectivity index (χ0n) is 9.39. The Morgan fingerprint density at radius 1 is 1.38 bits per heavy atom. The fourth-order valence-corrected chi connectivity index (χ4v) is 1.61. The van der Waals surface area contributed by atoms with Crippen LogP contribution in [0.25, 0.3) is 0 Å². The Hall–Kier alpha value is -1.51. The minimum absolute atomic E-state index is 0.242. The molecule has 86 valence electrons. The molecule has 0 aliphatic heterocycles. The molecule has 1 aromatic carbocycles. The van der Waals surface area contributed by atoms with E-state index in [0.29, 0.717) is 12.5 Å². The molecule has 1 atom stereocenters. The third-order valence-corrected chi connectivity index (χ3v) is 2.58. The van der Waals surface area contributed by atoms with Crippen LogP contribution in [0.1, 0.15) is 19.8 Å². The summed E-state index contributed by atoms with van der Waals surface area (Å²) in [4.78, 5) is 11.7. The van der Waals surface area contributed by atoms with Crippen LogP contribution in [0.5, 0.6) is 5.75 Å². The zero-order valence-corrected chi connectivity index (χ0v) is 9.39. The van der Waals surface area contributed by atoms with E-state index in [9.17, 15) is 4.79 Å². The van der Waals surface area contributed by atoms with Crippen LogP contribution in [-0.4, -0.2) is 18.7 Å². The lowest BCUT2D eigenvalue weighted by Gasteiger charge is -2.16. The minimum Gasteiger partial charge on any atom is -0.478 e. The average Bonchev–Trinajstić information content (AvgIpc) is 3.11. The van der Waals surface area contributed by atoms with Crippen LogP contribution in [0, 0.1) is 5.92 Å². The molecule has 3 nitrogen and oxygen atoms in total. The predicted molar refractivity (Wildman–Crippen MR) is 60.2 cm³/mol. The molecule has 0 saturated heterocycles. The highest BCUT2D eigenvalue weighted by Crippen LogP contribution is 2.35. The number of carbonyl (C=O) groups is 1. The van der Waals surface area contributed by atoms with Crippen LogP contribution in [0.2, 0.25) is 0 Å². The first-order chi connectivity index (χ1) is 7.81. The number of hydrogen-bond acceptors (Lipinski definition) is 3. The van der Waals surface area contributed by atoms with Crippen molar-refractivity contribution in [1.29, 1.82) is 0 Å². The molecule has 0 amide bonds. The highest BCUT2D eigenvalue weighted by molar-refractivity contribution is 5.76. The summed E-state index contributed by atoms with van der Waals surface area (Å²) in [6.07, 6.45) is 1.68. The van der Waals surface area contributed by atoms with Crippen LogP contribution in [-0.2, 0) is 9.53 Å². The van der Waals surface area contributed by atoms with E-state index in [0.717, 1.165) is 18.6 Å². The summed E-state index contributed by atoms with van der Waals surface area (Å²) in [7, 11) is 0. The van der Waals surface area contributed by atoms with Crippen LogP contribution < -0.4 is 4.74 Å². The second-order valence-corrected chi connectivity index (χ2v) is 3.94. The smallest absolute Gasteiger partial charge is 0.347 e. The van der Waals surface area contributed by atoms with Gasteiger partial charge >= 0.3 is 5.97 Å². The van der Waals surface area contributed by atoms with Crippen LogP contribution in [0.3, 0.4) is 0 Å². The van der Waals surface area contributed by atoms with Crippen LogP contribution in [0.4, 0.5) is 0 Å². The van der Waals surface area contributed by atoms with Crippen molar-refractivity contribution in [1.82, 2.24) is 0 Å². The monoisotopic (exact) mass is 220 g/mol. The molecule has 3 heteroatoms. The molecule has 0 spiro atoms. The number of esters is 1. The Labute approximate surface area is 95.4 Å². The molecule has 0 heterocycles. The second-order valence-electron chi connectivity index (χ2n) is 3.94. The van der Waals surface area contributed by atoms with Gasteiger partial charge in [0.05, 0.1) is 6.61 Å². The molecule has 16 heavy (non-hydrogen) atoms. The van der Waals surface area contributed by atoms with Crippen LogP contribution >= 0.6 is 0 Å². The number of rotatable bonds is 5. The van der Waals surface area contributed by atoms with Gasteiger partial charge in [-0.05, 0) is 31.9 Å². The Bertz CT molecular complexity index is 343. The first-order valence-electron chi connectivity index (χ1n) is 5.69. The van der Waals surface area contributed by atoms with Crippen molar-refractivity contribution in [2.24, 2.45) is 5.92 Å². The van der Waals surface area contributed by atoms with E-state index < -0.39 is 6.10 Å². The predicted octanol–water partition coefficient (Wildman–Crippen LogP) is 2.41. The molecule has 0 bridgehead atoms. The standard InChI is InChI=1S/C13H16O3/c1-2-15-13(14)12(10-8-9-10)16-11-6-4-3-5-7-11/h3-7,10,12H,2,8-9H2,1H3. The number of hydrogen-bond donors (Lipinski definition) is 0. The Balaban J connectivity index is 2.00. The summed E-state index contributed by atoms with van der Waals surface area (Å²) >= 11 is 0. The maximum atomic E-state index is 11.7. The molecule has 1 aromatic rings. The highest BCUT2D eigenvalue weighted by atomic mass is 16.6. The van der Waals surface area contributed by atoms with Gasteiger partial charge in [-0.1, -0.05) is 18.2 Å². The maximum Gasteiger partial charge on any atom is 0.347 e. The van der Waals surface area contributed by atoms with Gasteiger partial charge in [-0.2, -0.15) is 0 Å². The molecule has 1 aliphatic carbocycles. The van der Waals surface area contributed by atoms with Gasteiger partial charge in [0.25, 0.3) is 0 Å². The Kier molecular flexibility index (Phi) is 3.44. The van der Waals surface area contributed by atoms with Crippen molar-refractivity contribution < 1.29 is 14.3 Å². The molecular formula is C13H16O3. The largest absolute Gasteiger partial charge is 0.478 e. The van der Waals surface area contributed by atoms with E-state index in [1.165, 1.54) is 0 Å². The molecule has 0 aromatic heterocycles. The Morgan fingerprint density at radius 2 is 2.06 bits per heavy atom. The number of ether oxygens (including phenoxy) is 2. The Morgan fingerprint density at radius 3 is 2.62 bits per heavy atom. The average molecular weight is 220 g/mol. The second kappa shape index (κ2) is 5.01. The summed E-state index contributed by atoms with van der Waals surface area (Å²) in [5, 5.41) is 0. The molecule has 1 fully saturated rings. The van der Waals surface area contributed by atoms with Gasteiger partial charge < -0.3 is 9.47 Å². The summed E-state index contributed by atoms with van der Waals surface area (Å²) in [6.45, 7) is 2.21. The third kappa shape index (κ3) is 2.75. The van der Waals surface area contributed by atoms with E-state index >= 15 is 0 Å². The molecule has 0 radical (unpaired) electrons. The first-order valence-corrected chi connectivity index (χ1v) is 5.69. The van der Waals surface area contributed by atoms with E-state index in [4.69, 9.17) is 9.47 Å². The molecule has 2 rings (SSSR count). The summed E-state index contributed by atoms with van der Waals surface area (Å²) in [5.74, 6) is 0.820. The van der Waals surface area contributed by atoms with Crippen molar-refractivity contribution in [3.8, 4) is 5.75 Å². The topological polar surface area (TPSA) is 35.5 Å². The normalized spacial score (nSPS) is 16.6.